The van der Waals surface area contributed by atoms with Gasteiger partial charge in [-0.25, -0.2) is 8.42 Å². The average Bonchev–Trinajstić information content (AvgIpc) is 2.16. The molecular weight excluding hydrogens is 232 g/mol. The maximum absolute atomic E-state index is 10.8. The summed E-state index contributed by atoms with van der Waals surface area (Å²) in [4.78, 5) is 9.97. The summed E-state index contributed by atoms with van der Waals surface area (Å²) in [6, 6.07) is 5.93. The van der Waals surface area contributed by atoms with Gasteiger partial charge in [-0.1, -0.05) is 6.07 Å². The molecule has 88 valence electrons. The molecule has 0 unspecified atom stereocenters. The fourth-order valence-electron chi connectivity index (χ4n) is 1.11. The Hall–Kier alpha value is -1.63. The van der Waals surface area contributed by atoms with Crippen molar-refractivity contribution in [1.29, 1.82) is 0 Å². The van der Waals surface area contributed by atoms with Crippen molar-refractivity contribution in [2.75, 3.05) is 23.9 Å². The van der Waals surface area contributed by atoms with E-state index in [-0.39, 0.29) is 18.0 Å². The molecule has 0 saturated carbocycles. The molecular formula is C9H12N2O4S. The van der Waals surface area contributed by atoms with E-state index in [9.17, 15) is 18.5 Å². The van der Waals surface area contributed by atoms with Gasteiger partial charge in [-0.3, -0.25) is 10.1 Å². The minimum Gasteiger partial charge on any atom is -0.384 e. The van der Waals surface area contributed by atoms with Crippen LogP contribution >= 0.6 is 0 Å². The Morgan fingerprint density at radius 3 is 2.69 bits per heavy atom. The molecule has 1 aromatic rings. The Morgan fingerprint density at radius 2 is 2.12 bits per heavy atom. The number of anilines is 1. The van der Waals surface area contributed by atoms with Crippen LogP contribution in [0.2, 0.25) is 0 Å². The van der Waals surface area contributed by atoms with Crippen LogP contribution in [0.1, 0.15) is 0 Å². The van der Waals surface area contributed by atoms with Gasteiger partial charge in [0.15, 0.2) is 0 Å². The standard InChI is InChI=1S/C9H12N2O4S/c1-16(14,15)6-5-10-8-3-2-4-9(7-8)11(12)13/h2-4,7,10H,5-6H2,1H3. The summed E-state index contributed by atoms with van der Waals surface area (Å²) in [7, 11) is -3.02. The van der Waals surface area contributed by atoms with Crippen LogP contribution in [-0.2, 0) is 9.84 Å². The molecule has 0 bridgehead atoms. The third-order valence-electron chi connectivity index (χ3n) is 1.86. The van der Waals surface area contributed by atoms with Crippen molar-refractivity contribution in [3.05, 3.63) is 34.4 Å². The van der Waals surface area contributed by atoms with Crippen molar-refractivity contribution in [3.8, 4) is 0 Å². The topological polar surface area (TPSA) is 89.3 Å². The summed E-state index contributed by atoms with van der Waals surface area (Å²) in [6.07, 6.45) is 1.14. The van der Waals surface area contributed by atoms with Gasteiger partial charge in [0.2, 0.25) is 0 Å². The molecule has 0 heterocycles. The Bertz CT molecular complexity index is 484. The van der Waals surface area contributed by atoms with E-state index in [1.165, 1.54) is 12.1 Å². The normalized spacial score (nSPS) is 11.1. The van der Waals surface area contributed by atoms with E-state index in [0.717, 1.165) is 6.26 Å². The summed E-state index contributed by atoms with van der Waals surface area (Å²) in [6.45, 7) is 0.236. The van der Waals surface area contributed by atoms with Gasteiger partial charge in [-0.2, -0.15) is 0 Å². The lowest BCUT2D eigenvalue weighted by atomic mass is 10.3. The molecule has 0 aliphatic rings. The third-order valence-corrected chi connectivity index (χ3v) is 2.80. The van der Waals surface area contributed by atoms with Crippen LogP contribution < -0.4 is 5.32 Å². The number of nitrogens with zero attached hydrogens (tertiary/aromatic N) is 1. The molecule has 0 aliphatic carbocycles. The van der Waals surface area contributed by atoms with Crippen molar-refractivity contribution in [2.24, 2.45) is 0 Å². The first kappa shape index (κ1) is 12.4. The molecule has 0 amide bonds. The van der Waals surface area contributed by atoms with Gasteiger partial charge in [0, 0.05) is 30.6 Å². The van der Waals surface area contributed by atoms with Gasteiger partial charge in [-0.15, -0.1) is 0 Å². The first-order chi connectivity index (χ1) is 7.38. The average molecular weight is 244 g/mol. The van der Waals surface area contributed by atoms with Crippen LogP contribution in [0.25, 0.3) is 0 Å². The predicted octanol–water partition coefficient (Wildman–Crippen LogP) is 1.05. The molecule has 1 rings (SSSR count). The van der Waals surface area contributed by atoms with Crippen LogP contribution in [0, 0.1) is 10.1 Å². The number of nitro benzene ring substituents is 1. The Morgan fingerprint density at radius 1 is 1.44 bits per heavy atom. The third kappa shape index (κ3) is 4.26. The lowest BCUT2D eigenvalue weighted by Crippen LogP contribution is -2.14. The zero-order valence-corrected chi connectivity index (χ0v) is 9.53. The monoisotopic (exact) mass is 244 g/mol. The van der Waals surface area contributed by atoms with E-state index in [4.69, 9.17) is 0 Å². The van der Waals surface area contributed by atoms with Gasteiger partial charge < -0.3 is 5.32 Å². The Labute approximate surface area is 93.4 Å². The SMILES string of the molecule is CS(=O)(=O)CCNc1cccc([N+](=O)[O-])c1. The molecule has 6 nitrogen and oxygen atoms in total. The van der Waals surface area contributed by atoms with Crippen molar-refractivity contribution in [1.82, 2.24) is 0 Å². The number of benzene rings is 1. The largest absolute Gasteiger partial charge is 0.384 e. The van der Waals surface area contributed by atoms with Crippen molar-refractivity contribution < 1.29 is 13.3 Å². The molecule has 1 aromatic carbocycles. The minimum atomic E-state index is -3.02. The molecule has 1 N–H and O–H groups in total. The number of nitrogens with one attached hydrogen (secondary N) is 1. The van der Waals surface area contributed by atoms with Crippen LogP contribution in [0.15, 0.2) is 24.3 Å². The van der Waals surface area contributed by atoms with E-state index in [0.29, 0.717) is 5.69 Å². The van der Waals surface area contributed by atoms with Gasteiger partial charge in [0.1, 0.15) is 9.84 Å². The molecule has 0 atom stereocenters. The molecule has 0 radical (unpaired) electrons. The fraction of sp³-hybridized carbons (Fsp3) is 0.333. The summed E-state index contributed by atoms with van der Waals surface area (Å²) in [5, 5.41) is 13.3. The maximum Gasteiger partial charge on any atom is 0.271 e. The number of non-ortho nitro benzene ring substituents is 1. The second-order valence-electron chi connectivity index (χ2n) is 3.36. The van der Waals surface area contributed by atoms with Crippen molar-refractivity contribution in [3.63, 3.8) is 0 Å². The quantitative estimate of drug-likeness (QED) is 0.617. The first-order valence-electron chi connectivity index (χ1n) is 4.54. The van der Waals surface area contributed by atoms with E-state index in [1.54, 1.807) is 12.1 Å². The molecule has 0 aromatic heterocycles. The number of rotatable bonds is 5. The highest BCUT2D eigenvalue weighted by atomic mass is 32.2. The van der Waals surface area contributed by atoms with Crippen LogP contribution in [0.5, 0.6) is 0 Å². The first-order valence-corrected chi connectivity index (χ1v) is 6.60. The van der Waals surface area contributed by atoms with E-state index in [2.05, 4.69) is 5.32 Å². The number of hydrogen-bond donors (Lipinski definition) is 1. The number of hydrogen-bond acceptors (Lipinski definition) is 5. The van der Waals surface area contributed by atoms with Gasteiger partial charge in [0.25, 0.3) is 5.69 Å². The zero-order chi connectivity index (χ0) is 12.2. The van der Waals surface area contributed by atoms with E-state index < -0.39 is 14.8 Å². The highest BCUT2D eigenvalue weighted by molar-refractivity contribution is 7.90. The van der Waals surface area contributed by atoms with Gasteiger partial charge in [0.05, 0.1) is 10.7 Å². The van der Waals surface area contributed by atoms with Gasteiger partial charge in [-0.05, 0) is 6.07 Å². The lowest BCUT2D eigenvalue weighted by molar-refractivity contribution is -0.384. The number of sulfone groups is 1. The highest BCUT2D eigenvalue weighted by Crippen LogP contribution is 2.16. The lowest BCUT2D eigenvalue weighted by Gasteiger charge is -2.04. The molecule has 0 fully saturated rings. The highest BCUT2D eigenvalue weighted by Gasteiger charge is 2.06. The summed E-state index contributed by atoms with van der Waals surface area (Å²) in [5.41, 5.74) is 0.516. The molecule has 0 saturated heterocycles. The second-order valence-corrected chi connectivity index (χ2v) is 5.62. The molecule has 0 aliphatic heterocycles. The van der Waals surface area contributed by atoms with Crippen LogP contribution in [0.4, 0.5) is 11.4 Å². The van der Waals surface area contributed by atoms with Crippen LogP contribution in [-0.4, -0.2) is 31.9 Å². The number of nitro groups is 1. The maximum atomic E-state index is 10.8. The van der Waals surface area contributed by atoms with Crippen molar-refractivity contribution >= 4 is 21.2 Å². The van der Waals surface area contributed by atoms with E-state index in [1.807, 2.05) is 0 Å². The minimum absolute atomic E-state index is 0.00427. The second kappa shape index (κ2) is 4.93. The summed E-state index contributed by atoms with van der Waals surface area (Å²) >= 11 is 0. The van der Waals surface area contributed by atoms with Gasteiger partial charge >= 0.3 is 0 Å². The summed E-state index contributed by atoms with van der Waals surface area (Å²) < 4.78 is 21.7. The fourth-order valence-corrected chi connectivity index (χ4v) is 1.58. The zero-order valence-electron chi connectivity index (χ0n) is 8.71. The predicted molar refractivity (Wildman–Crippen MR) is 61.3 cm³/mol. The van der Waals surface area contributed by atoms with Crippen molar-refractivity contribution in [2.45, 2.75) is 0 Å². The Balaban J connectivity index is 2.61. The smallest absolute Gasteiger partial charge is 0.271 e. The van der Waals surface area contributed by atoms with E-state index >= 15 is 0 Å². The molecule has 0 spiro atoms. The van der Waals surface area contributed by atoms with Crippen LogP contribution in [0.3, 0.4) is 0 Å². The summed E-state index contributed by atoms with van der Waals surface area (Å²) in [5.74, 6) is -0.00427. The molecule has 7 heteroatoms. The molecule has 16 heavy (non-hydrogen) atoms. The Kier molecular flexibility index (Phi) is 3.83.